The molecule has 33 heavy (non-hydrogen) atoms. The number of halogens is 1. The summed E-state index contributed by atoms with van der Waals surface area (Å²) in [5, 5.41) is 20.6. The van der Waals surface area contributed by atoms with Gasteiger partial charge in [0.15, 0.2) is 0 Å². The lowest BCUT2D eigenvalue weighted by atomic mass is 9.92. The van der Waals surface area contributed by atoms with E-state index < -0.39 is 6.10 Å². The highest BCUT2D eigenvalue weighted by Gasteiger charge is 2.25. The minimum Gasteiger partial charge on any atom is -0.395 e. The molecule has 0 fully saturated rings. The van der Waals surface area contributed by atoms with Crippen LogP contribution in [0.2, 0.25) is 0 Å². The smallest absolute Gasteiger partial charge is 0.123 e. The summed E-state index contributed by atoms with van der Waals surface area (Å²) >= 11 is 1.48. The van der Waals surface area contributed by atoms with Gasteiger partial charge < -0.3 is 10.2 Å². The summed E-state index contributed by atoms with van der Waals surface area (Å²) in [6.45, 7) is -0.0215. The molecule has 4 aromatic rings. The molecular formula is C28H24FNO2S. The highest BCUT2D eigenvalue weighted by molar-refractivity contribution is 7.17. The van der Waals surface area contributed by atoms with Crippen molar-refractivity contribution in [1.82, 2.24) is 4.98 Å². The molecule has 2 aromatic heterocycles. The maximum Gasteiger partial charge on any atom is 0.123 e. The van der Waals surface area contributed by atoms with Crippen LogP contribution >= 0.6 is 11.3 Å². The molecular weight excluding hydrogens is 433 g/mol. The lowest BCUT2D eigenvalue weighted by Crippen LogP contribution is -2.02. The van der Waals surface area contributed by atoms with Crippen LogP contribution in [0.3, 0.4) is 0 Å². The zero-order valence-electron chi connectivity index (χ0n) is 18.0. The number of benzene rings is 2. The molecule has 2 heterocycles. The van der Waals surface area contributed by atoms with E-state index in [1.165, 1.54) is 23.5 Å². The van der Waals surface area contributed by atoms with Crippen molar-refractivity contribution in [2.45, 2.75) is 25.4 Å². The number of aryl methyl sites for hydroxylation is 1. The second-order valence-electron chi connectivity index (χ2n) is 7.61. The number of aromatic nitrogens is 1. The average molecular weight is 458 g/mol. The molecule has 0 aliphatic rings. The summed E-state index contributed by atoms with van der Waals surface area (Å²) in [7, 11) is 0. The number of aliphatic hydroxyl groups is 2. The van der Waals surface area contributed by atoms with Gasteiger partial charge in [-0.25, -0.2) is 4.39 Å². The van der Waals surface area contributed by atoms with E-state index in [9.17, 15) is 14.6 Å². The molecule has 1 unspecified atom stereocenters. The SMILES string of the molecule is OCCC#Cc1sc(-c2ccc(F)cc2)c(-c2ccncc2)c1C(O)CCc1ccccc1. The largest absolute Gasteiger partial charge is 0.395 e. The number of aliphatic hydroxyl groups excluding tert-OH is 2. The molecule has 2 aromatic carbocycles. The molecule has 0 spiro atoms. The Morgan fingerprint density at radius 1 is 0.939 bits per heavy atom. The fourth-order valence-corrected chi connectivity index (χ4v) is 5.01. The van der Waals surface area contributed by atoms with E-state index in [1.54, 1.807) is 24.5 Å². The third-order valence-electron chi connectivity index (χ3n) is 5.34. The molecule has 2 N–H and O–H groups in total. The van der Waals surface area contributed by atoms with Crippen molar-refractivity contribution in [3.05, 3.63) is 101 Å². The normalized spacial score (nSPS) is 11.6. The monoisotopic (exact) mass is 457 g/mol. The van der Waals surface area contributed by atoms with Crippen LogP contribution in [0.25, 0.3) is 21.6 Å². The summed E-state index contributed by atoms with van der Waals surface area (Å²) in [5.74, 6) is 5.86. The number of nitrogens with zero attached hydrogens (tertiary/aromatic N) is 1. The van der Waals surface area contributed by atoms with E-state index in [0.29, 0.717) is 12.8 Å². The van der Waals surface area contributed by atoms with Crippen molar-refractivity contribution in [2.24, 2.45) is 0 Å². The van der Waals surface area contributed by atoms with E-state index in [2.05, 4.69) is 29.0 Å². The Hall–Kier alpha value is -3.30. The second-order valence-corrected chi connectivity index (χ2v) is 8.63. The Morgan fingerprint density at radius 2 is 1.67 bits per heavy atom. The quantitative estimate of drug-likeness (QED) is 0.334. The number of thiophene rings is 1. The molecule has 1 atom stereocenters. The Bertz CT molecular complexity index is 1240. The maximum atomic E-state index is 13.6. The molecule has 0 aliphatic carbocycles. The molecule has 0 bridgehead atoms. The van der Waals surface area contributed by atoms with Crippen molar-refractivity contribution in [3.8, 4) is 33.4 Å². The van der Waals surface area contributed by atoms with Gasteiger partial charge >= 0.3 is 0 Å². The lowest BCUT2D eigenvalue weighted by Gasteiger charge is -2.15. The van der Waals surface area contributed by atoms with Crippen LogP contribution in [0, 0.1) is 17.7 Å². The van der Waals surface area contributed by atoms with E-state index >= 15 is 0 Å². The van der Waals surface area contributed by atoms with Crippen LogP contribution in [0.4, 0.5) is 4.39 Å². The van der Waals surface area contributed by atoms with Crippen LogP contribution in [0.5, 0.6) is 0 Å². The first kappa shape index (κ1) is 22.9. The van der Waals surface area contributed by atoms with E-state index in [0.717, 1.165) is 44.0 Å². The highest BCUT2D eigenvalue weighted by Crippen LogP contribution is 2.46. The third-order valence-corrected chi connectivity index (χ3v) is 6.51. The molecule has 4 rings (SSSR count). The third kappa shape index (κ3) is 5.55. The van der Waals surface area contributed by atoms with Gasteiger partial charge in [-0.05, 0) is 53.8 Å². The summed E-state index contributed by atoms with van der Waals surface area (Å²) in [4.78, 5) is 5.82. The zero-order chi connectivity index (χ0) is 23.0. The number of pyridine rings is 1. The Kier molecular flexibility index (Phi) is 7.64. The second kappa shape index (κ2) is 11.0. The van der Waals surface area contributed by atoms with Crippen LogP contribution < -0.4 is 0 Å². The summed E-state index contributed by atoms with van der Waals surface area (Å²) in [6.07, 6.45) is 4.32. The van der Waals surface area contributed by atoms with Crippen molar-refractivity contribution in [2.75, 3.05) is 6.61 Å². The lowest BCUT2D eigenvalue weighted by molar-refractivity contribution is 0.168. The first-order valence-corrected chi connectivity index (χ1v) is 11.6. The Morgan fingerprint density at radius 3 is 2.36 bits per heavy atom. The summed E-state index contributed by atoms with van der Waals surface area (Å²) in [6, 6.07) is 20.3. The van der Waals surface area contributed by atoms with Gasteiger partial charge in [0.1, 0.15) is 5.82 Å². The minimum atomic E-state index is -0.739. The van der Waals surface area contributed by atoms with Crippen molar-refractivity contribution in [1.29, 1.82) is 0 Å². The van der Waals surface area contributed by atoms with Crippen LogP contribution in [-0.4, -0.2) is 21.8 Å². The van der Waals surface area contributed by atoms with Gasteiger partial charge in [0, 0.05) is 34.8 Å². The minimum absolute atomic E-state index is 0.0215. The zero-order valence-corrected chi connectivity index (χ0v) is 18.9. The van der Waals surface area contributed by atoms with Gasteiger partial charge in [0.05, 0.1) is 17.6 Å². The van der Waals surface area contributed by atoms with Gasteiger partial charge in [-0.3, -0.25) is 4.98 Å². The first-order valence-electron chi connectivity index (χ1n) is 10.8. The predicted octanol–water partition coefficient (Wildman–Crippen LogP) is 6.02. The van der Waals surface area contributed by atoms with E-state index in [-0.39, 0.29) is 12.4 Å². The van der Waals surface area contributed by atoms with Crippen molar-refractivity contribution < 1.29 is 14.6 Å². The van der Waals surface area contributed by atoms with Crippen LogP contribution in [0.15, 0.2) is 79.1 Å². The van der Waals surface area contributed by atoms with Gasteiger partial charge in [-0.15, -0.1) is 11.3 Å². The van der Waals surface area contributed by atoms with Crippen LogP contribution in [-0.2, 0) is 6.42 Å². The fraction of sp³-hybridized carbons (Fsp3) is 0.179. The maximum absolute atomic E-state index is 13.6. The summed E-state index contributed by atoms with van der Waals surface area (Å²) in [5.41, 5.74) is 4.60. The molecule has 166 valence electrons. The van der Waals surface area contributed by atoms with Crippen LogP contribution in [0.1, 0.15) is 34.9 Å². The molecule has 0 radical (unpaired) electrons. The van der Waals surface area contributed by atoms with Crippen molar-refractivity contribution >= 4 is 11.3 Å². The number of rotatable bonds is 7. The standard InChI is InChI=1S/C28H24FNO2S/c29-23-12-10-22(11-13-23)28-26(21-15-17-30-18-16-21)27(25(33-28)8-4-5-19-31)24(32)14-9-20-6-2-1-3-7-20/h1-3,6-7,10-13,15-18,24,31-32H,5,9,14,19H2. The molecule has 0 amide bonds. The molecule has 0 aliphatic heterocycles. The molecule has 3 nitrogen and oxygen atoms in total. The van der Waals surface area contributed by atoms with Gasteiger partial charge in [0.25, 0.3) is 0 Å². The number of hydrogen-bond donors (Lipinski definition) is 2. The highest BCUT2D eigenvalue weighted by atomic mass is 32.1. The average Bonchev–Trinajstić information content (AvgIpc) is 3.24. The fourth-order valence-electron chi connectivity index (χ4n) is 3.76. The van der Waals surface area contributed by atoms with Gasteiger partial charge in [-0.2, -0.15) is 0 Å². The van der Waals surface area contributed by atoms with E-state index in [1.807, 2.05) is 30.3 Å². The predicted molar refractivity (Wildman–Crippen MR) is 131 cm³/mol. The Balaban J connectivity index is 1.84. The number of hydrogen-bond acceptors (Lipinski definition) is 4. The van der Waals surface area contributed by atoms with Crippen molar-refractivity contribution in [3.63, 3.8) is 0 Å². The van der Waals surface area contributed by atoms with E-state index in [4.69, 9.17) is 0 Å². The molecule has 0 saturated carbocycles. The Labute approximate surface area is 197 Å². The topological polar surface area (TPSA) is 53.4 Å². The summed E-state index contributed by atoms with van der Waals surface area (Å²) < 4.78 is 13.6. The first-order chi connectivity index (χ1) is 16.2. The van der Waals surface area contributed by atoms with Gasteiger partial charge in [-0.1, -0.05) is 54.3 Å². The van der Waals surface area contributed by atoms with Gasteiger partial charge in [0.2, 0.25) is 0 Å². The molecule has 5 heteroatoms. The molecule has 0 saturated heterocycles.